The molecule has 0 bridgehead atoms. The van der Waals surface area contributed by atoms with Crippen molar-refractivity contribution in [3.8, 4) is 22.7 Å². The van der Waals surface area contributed by atoms with E-state index >= 15 is 0 Å². The van der Waals surface area contributed by atoms with Crippen LogP contribution in [0, 0.1) is 6.92 Å². The van der Waals surface area contributed by atoms with Crippen LogP contribution in [0.2, 0.25) is 0 Å². The number of rotatable bonds is 7. The lowest BCUT2D eigenvalue weighted by Gasteiger charge is -2.14. The van der Waals surface area contributed by atoms with E-state index in [1.807, 2.05) is 13.8 Å². The Balaban J connectivity index is 1.62. The van der Waals surface area contributed by atoms with Crippen molar-refractivity contribution >= 4 is 11.6 Å². The average molecular weight is 496 g/mol. The van der Waals surface area contributed by atoms with Crippen LogP contribution in [0.4, 0.5) is 18.9 Å². The second-order valence-corrected chi connectivity index (χ2v) is 8.28. The van der Waals surface area contributed by atoms with Crippen molar-refractivity contribution in [3.63, 3.8) is 0 Å². The van der Waals surface area contributed by atoms with Crippen LogP contribution in [-0.2, 0) is 12.6 Å². The molecule has 0 spiro atoms. The second kappa shape index (κ2) is 10.2. The molecule has 1 N–H and O–H groups in total. The summed E-state index contributed by atoms with van der Waals surface area (Å²) >= 11 is 0. The lowest BCUT2D eigenvalue weighted by atomic mass is 10.0. The summed E-state index contributed by atoms with van der Waals surface area (Å²) in [4.78, 5) is 17.1. The van der Waals surface area contributed by atoms with Gasteiger partial charge in [-0.25, -0.2) is 4.68 Å². The number of halogens is 3. The summed E-state index contributed by atoms with van der Waals surface area (Å²) in [5.74, 6) is 0.0453. The summed E-state index contributed by atoms with van der Waals surface area (Å²) in [6.07, 6.45) is 1.56. The zero-order valence-corrected chi connectivity index (χ0v) is 19.9. The number of hydrogen-bond donors (Lipinski definition) is 1. The van der Waals surface area contributed by atoms with Crippen molar-refractivity contribution in [2.45, 2.75) is 32.9 Å². The first-order chi connectivity index (χ1) is 17.2. The third-order valence-electron chi connectivity index (χ3n) is 5.57. The third kappa shape index (κ3) is 5.54. The van der Waals surface area contributed by atoms with E-state index in [0.29, 0.717) is 41.1 Å². The van der Waals surface area contributed by atoms with E-state index in [1.54, 1.807) is 56.0 Å². The molecule has 7 nitrogen and oxygen atoms in total. The SMILES string of the molecule is CCCc1cc(NC(=O)c2ccc(C)c(-n3cc(-c4cncc(OC)c4)nn3)c2)cc(C(F)(F)F)c1. The van der Waals surface area contributed by atoms with Crippen LogP contribution >= 0.6 is 0 Å². The number of aromatic nitrogens is 4. The van der Waals surface area contributed by atoms with Crippen molar-refractivity contribution in [1.82, 2.24) is 20.0 Å². The van der Waals surface area contributed by atoms with Gasteiger partial charge in [-0.3, -0.25) is 9.78 Å². The van der Waals surface area contributed by atoms with Crippen molar-refractivity contribution in [1.29, 1.82) is 0 Å². The van der Waals surface area contributed by atoms with Crippen LogP contribution in [0.5, 0.6) is 5.75 Å². The molecule has 0 fully saturated rings. The molecule has 4 rings (SSSR count). The zero-order chi connectivity index (χ0) is 25.9. The first-order valence-electron chi connectivity index (χ1n) is 11.2. The molecule has 0 aliphatic carbocycles. The van der Waals surface area contributed by atoms with E-state index in [-0.39, 0.29) is 11.3 Å². The molecule has 2 aromatic heterocycles. The molecular weight excluding hydrogens is 471 g/mol. The summed E-state index contributed by atoms with van der Waals surface area (Å²) in [5.41, 5.74) is 2.77. The molecule has 0 radical (unpaired) electrons. The molecule has 2 aromatic carbocycles. The van der Waals surface area contributed by atoms with Gasteiger partial charge in [-0.05, 0) is 60.9 Å². The van der Waals surface area contributed by atoms with Crippen molar-refractivity contribution in [2.24, 2.45) is 0 Å². The zero-order valence-electron chi connectivity index (χ0n) is 19.9. The van der Waals surface area contributed by atoms with E-state index in [0.717, 1.165) is 17.7 Å². The Morgan fingerprint density at radius 2 is 1.92 bits per heavy atom. The molecule has 36 heavy (non-hydrogen) atoms. The van der Waals surface area contributed by atoms with Crippen molar-refractivity contribution in [3.05, 3.63) is 83.3 Å². The number of amides is 1. The lowest BCUT2D eigenvalue weighted by Crippen LogP contribution is -2.14. The van der Waals surface area contributed by atoms with Gasteiger partial charge in [-0.15, -0.1) is 5.10 Å². The molecule has 186 valence electrons. The molecule has 0 saturated heterocycles. The third-order valence-corrected chi connectivity index (χ3v) is 5.57. The summed E-state index contributed by atoms with van der Waals surface area (Å²) in [5, 5.41) is 11.0. The first-order valence-corrected chi connectivity index (χ1v) is 11.2. The predicted octanol–water partition coefficient (Wildman–Crippen LogP) is 5.87. The maximum atomic E-state index is 13.4. The molecule has 0 saturated carbocycles. The topological polar surface area (TPSA) is 81.9 Å². The van der Waals surface area contributed by atoms with Crippen LogP contribution < -0.4 is 10.1 Å². The van der Waals surface area contributed by atoms with Crippen LogP contribution in [-0.4, -0.2) is 33.0 Å². The highest BCUT2D eigenvalue weighted by Crippen LogP contribution is 2.32. The Kier molecular flexibility index (Phi) is 7.05. The van der Waals surface area contributed by atoms with E-state index in [9.17, 15) is 18.0 Å². The van der Waals surface area contributed by atoms with Crippen molar-refractivity contribution < 1.29 is 22.7 Å². The molecule has 2 heterocycles. The largest absolute Gasteiger partial charge is 0.495 e. The fourth-order valence-electron chi connectivity index (χ4n) is 3.75. The van der Waals surface area contributed by atoms with Gasteiger partial charge in [0.1, 0.15) is 11.4 Å². The monoisotopic (exact) mass is 495 g/mol. The van der Waals surface area contributed by atoms with Gasteiger partial charge < -0.3 is 10.1 Å². The highest BCUT2D eigenvalue weighted by Gasteiger charge is 2.31. The summed E-state index contributed by atoms with van der Waals surface area (Å²) in [7, 11) is 1.54. The minimum absolute atomic E-state index is 0.0916. The number of carbonyl (C=O) groups excluding carboxylic acids is 1. The summed E-state index contributed by atoms with van der Waals surface area (Å²) in [6, 6.07) is 10.4. The highest BCUT2D eigenvalue weighted by atomic mass is 19.4. The van der Waals surface area contributed by atoms with Crippen LogP contribution in [0.15, 0.2) is 61.1 Å². The van der Waals surface area contributed by atoms with Crippen LogP contribution in [0.25, 0.3) is 16.9 Å². The van der Waals surface area contributed by atoms with E-state index in [2.05, 4.69) is 20.6 Å². The fraction of sp³-hybridized carbons (Fsp3) is 0.231. The molecule has 0 unspecified atom stereocenters. The van der Waals surface area contributed by atoms with E-state index < -0.39 is 17.6 Å². The molecule has 0 atom stereocenters. The summed E-state index contributed by atoms with van der Waals surface area (Å²) in [6.45, 7) is 3.74. The number of alkyl halides is 3. The van der Waals surface area contributed by atoms with E-state index in [1.165, 1.54) is 4.68 Å². The molecule has 0 aliphatic heterocycles. The standard InChI is InChI=1S/C26H24F3N5O2/c1-4-5-17-8-20(26(27,28)29)12-21(9-17)31-25(35)18-7-6-16(2)24(11-18)34-15-23(32-33-34)19-10-22(36-3)14-30-13-19/h6-15H,4-5H2,1-3H3,(H,31,35). The number of aryl methyl sites for hydroxylation is 2. The maximum absolute atomic E-state index is 13.4. The van der Waals surface area contributed by atoms with Gasteiger partial charge in [-0.1, -0.05) is 24.6 Å². The minimum atomic E-state index is -4.51. The second-order valence-electron chi connectivity index (χ2n) is 8.28. The van der Waals surface area contributed by atoms with Crippen LogP contribution in [0.1, 0.15) is 40.4 Å². The quantitative estimate of drug-likeness (QED) is 0.347. The van der Waals surface area contributed by atoms with Gasteiger partial charge >= 0.3 is 6.18 Å². The molecule has 10 heteroatoms. The number of hydrogen-bond acceptors (Lipinski definition) is 5. The molecule has 0 aliphatic rings. The average Bonchev–Trinajstić information content (AvgIpc) is 3.34. The Hall–Kier alpha value is -4.21. The number of benzene rings is 2. The summed E-state index contributed by atoms with van der Waals surface area (Å²) < 4.78 is 46.8. The number of methoxy groups -OCH3 is 1. The van der Waals surface area contributed by atoms with Gasteiger partial charge in [0, 0.05) is 23.0 Å². The number of pyridine rings is 1. The Labute approximate surface area is 205 Å². The van der Waals surface area contributed by atoms with Gasteiger partial charge in [0.15, 0.2) is 0 Å². The van der Waals surface area contributed by atoms with Gasteiger partial charge in [0.25, 0.3) is 5.91 Å². The Bertz CT molecular complexity index is 1400. The predicted molar refractivity (Wildman–Crippen MR) is 129 cm³/mol. The Morgan fingerprint density at radius 3 is 2.64 bits per heavy atom. The molecule has 1 amide bonds. The molecule has 4 aromatic rings. The number of nitrogens with one attached hydrogen (secondary N) is 1. The minimum Gasteiger partial charge on any atom is -0.495 e. The van der Waals surface area contributed by atoms with E-state index in [4.69, 9.17) is 4.74 Å². The van der Waals surface area contributed by atoms with Gasteiger partial charge in [0.2, 0.25) is 0 Å². The first kappa shape index (κ1) is 24.9. The number of ether oxygens (including phenoxy) is 1. The maximum Gasteiger partial charge on any atom is 0.416 e. The number of carbonyl (C=O) groups is 1. The van der Waals surface area contributed by atoms with Gasteiger partial charge in [-0.2, -0.15) is 13.2 Å². The normalized spacial score (nSPS) is 11.4. The van der Waals surface area contributed by atoms with Crippen LogP contribution in [0.3, 0.4) is 0 Å². The number of anilines is 1. The Morgan fingerprint density at radius 1 is 1.11 bits per heavy atom. The van der Waals surface area contributed by atoms with Gasteiger partial charge in [0.05, 0.1) is 30.8 Å². The van der Waals surface area contributed by atoms with Crippen molar-refractivity contribution in [2.75, 3.05) is 12.4 Å². The molecular formula is C26H24F3N5O2. The highest BCUT2D eigenvalue weighted by molar-refractivity contribution is 6.04. The smallest absolute Gasteiger partial charge is 0.416 e. The lowest BCUT2D eigenvalue weighted by molar-refractivity contribution is -0.137. The fourth-order valence-corrected chi connectivity index (χ4v) is 3.75. The number of nitrogens with zero attached hydrogens (tertiary/aromatic N) is 4.